The van der Waals surface area contributed by atoms with Gasteiger partial charge in [0.15, 0.2) is 0 Å². The number of amides is 1. The number of carbonyl (C=O) groups is 1. The van der Waals surface area contributed by atoms with Crippen molar-refractivity contribution in [3.05, 3.63) is 0 Å². The van der Waals surface area contributed by atoms with Crippen LogP contribution in [-0.2, 0) is 4.79 Å². The molecular weight excluding hydrogens is 186 g/mol. The van der Waals surface area contributed by atoms with Gasteiger partial charge in [0.25, 0.3) is 0 Å². The van der Waals surface area contributed by atoms with Crippen molar-refractivity contribution in [1.29, 1.82) is 0 Å². The molecular formula is C10H20ClNO. The predicted octanol–water partition coefficient (Wildman–Crippen LogP) is 2.41. The number of hydrogen-bond acceptors (Lipinski definition) is 1. The Kier molecular flexibility index (Phi) is 5.38. The van der Waals surface area contributed by atoms with Crippen molar-refractivity contribution in [2.75, 3.05) is 12.4 Å². The smallest absolute Gasteiger partial charge is 0.221 e. The largest absolute Gasteiger partial charge is 0.356 e. The molecule has 0 spiro atoms. The molecule has 1 unspecified atom stereocenters. The van der Waals surface area contributed by atoms with E-state index in [4.69, 9.17) is 11.6 Å². The Morgan fingerprint density at radius 2 is 2.00 bits per heavy atom. The first-order chi connectivity index (χ1) is 5.88. The molecule has 0 radical (unpaired) electrons. The van der Waals surface area contributed by atoms with Gasteiger partial charge in [-0.3, -0.25) is 4.79 Å². The minimum atomic E-state index is 0.0473. The quantitative estimate of drug-likeness (QED) is 0.702. The number of rotatable bonds is 4. The van der Waals surface area contributed by atoms with Gasteiger partial charge >= 0.3 is 0 Å². The van der Waals surface area contributed by atoms with Gasteiger partial charge < -0.3 is 5.32 Å². The normalized spacial score (nSPS) is 13.9. The highest BCUT2D eigenvalue weighted by Crippen LogP contribution is 2.24. The van der Waals surface area contributed by atoms with E-state index in [0.29, 0.717) is 18.2 Å². The van der Waals surface area contributed by atoms with Gasteiger partial charge in [-0.15, -0.1) is 11.6 Å². The lowest BCUT2D eigenvalue weighted by Crippen LogP contribution is -2.33. The van der Waals surface area contributed by atoms with Crippen LogP contribution in [0.1, 0.15) is 34.1 Å². The summed E-state index contributed by atoms with van der Waals surface area (Å²) in [6.45, 7) is 9.39. The zero-order valence-corrected chi connectivity index (χ0v) is 9.74. The van der Waals surface area contributed by atoms with E-state index in [1.54, 1.807) is 0 Å². The lowest BCUT2D eigenvalue weighted by atomic mass is 9.82. The standard InChI is InChI=1S/C10H20ClNO/c1-8(10(2,3)4)7-12-9(13)5-6-11/h8H,5-7H2,1-4H3,(H,12,13). The molecule has 0 aromatic rings. The van der Waals surface area contributed by atoms with Crippen LogP contribution in [0.5, 0.6) is 0 Å². The van der Waals surface area contributed by atoms with E-state index >= 15 is 0 Å². The molecule has 0 saturated heterocycles. The summed E-state index contributed by atoms with van der Waals surface area (Å²) in [5.41, 5.74) is 0.244. The van der Waals surface area contributed by atoms with Crippen LogP contribution in [-0.4, -0.2) is 18.3 Å². The monoisotopic (exact) mass is 205 g/mol. The third-order valence-electron chi connectivity index (χ3n) is 2.41. The zero-order chi connectivity index (χ0) is 10.5. The first-order valence-corrected chi connectivity index (χ1v) is 5.24. The lowest BCUT2D eigenvalue weighted by molar-refractivity contribution is -0.121. The molecule has 2 nitrogen and oxygen atoms in total. The van der Waals surface area contributed by atoms with Gasteiger partial charge in [0.2, 0.25) is 5.91 Å². The summed E-state index contributed by atoms with van der Waals surface area (Å²) in [6.07, 6.45) is 0.415. The molecule has 0 fully saturated rings. The van der Waals surface area contributed by atoms with Crippen molar-refractivity contribution in [1.82, 2.24) is 5.32 Å². The first kappa shape index (κ1) is 12.8. The Bertz CT molecular complexity index is 163. The fourth-order valence-electron chi connectivity index (χ4n) is 0.747. The van der Waals surface area contributed by atoms with Crippen molar-refractivity contribution in [3.63, 3.8) is 0 Å². The van der Waals surface area contributed by atoms with Crippen LogP contribution in [0.15, 0.2) is 0 Å². The van der Waals surface area contributed by atoms with Crippen LogP contribution >= 0.6 is 11.6 Å². The van der Waals surface area contributed by atoms with Crippen LogP contribution in [0.3, 0.4) is 0 Å². The predicted molar refractivity (Wildman–Crippen MR) is 57.0 cm³/mol. The molecule has 3 heteroatoms. The maximum absolute atomic E-state index is 11.1. The Hall–Kier alpha value is -0.240. The fraction of sp³-hybridized carbons (Fsp3) is 0.900. The maximum atomic E-state index is 11.1. The first-order valence-electron chi connectivity index (χ1n) is 4.70. The van der Waals surface area contributed by atoms with Crippen molar-refractivity contribution < 1.29 is 4.79 Å². The minimum absolute atomic E-state index is 0.0473. The molecule has 0 aromatic carbocycles. The summed E-state index contributed by atoms with van der Waals surface area (Å²) in [7, 11) is 0. The zero-order valence-electron chi connectivity index (χ0n) is 8.98. The Morgan fingerprint density at radius 1 is 1.46 bits per heavy atom. The van der Waals surface area contributed by atoms with Gasteiger partial charge in [-0.05, 0) is 11.3 Å². The van der Waals surface area contributed by atoms with E-state index in [1.165, 1.54) is 0 Å². The number of hydrogen-bond donors (Lipinski definition) is 1. The molecule has 0 aromatic heterocycles. The molecule has 0 aliphatic carbocycles. The SMILES string of the molecule is CC(CNC(=O)CCCl)C(C)(C)C. The molecule has 0 heterocycles. The molecule has 78 valence electrons. The van der Waals surface area contributed by atoms with Crippen molar-refractivity contribution in [3.8, 4) is 0 Å². The summed E-state index contributed by atoms with van der Waals surface area (Å²) < 4.78 is 0. The highest BCUT2D eigenvalue weighted by Gasteiger charge is 2.19. The Morgan fingerprint density at radius 3 is 2.38 bits per heavy atom. The number of halogens is 1. The molecule has 1 N–H and O–H groups in total. The van der Waals surface area contributed by atoms with Gasteiger partial charge in [-0.2, -0.15) is 0 Å². The van der Waals surface area contributed by atoms with E-state index in [9.17, 15) is 4.79 Å². The average molecular weight is 206 g/mol. The molecule has 1 amide bonds. The summed E-state index contributed by atoms with van der Waals surface area (Å²) in [5.74, 6) is 0.924. The second-order valence-electron chi connectivity index (χ2n) is 4.51. The third kappa shape index (κ3) is 5.92. The van der Waals surface area contributed by atoms with Gasteiger partial charge in [-0.1, -0.05) is 27.7 Å². The second kappa shape index (κ2) is 5.48. The van der Waals surface area contributed by atoms with Crippen LogP contribution < -0.4 is 5.32 Å². The lowest BCUT2D eigenvalue weighted by Gasteiger charge is -2.27. The van der Waals surface area contributed by atoms with Gasteiger partial charge in [-0.25, -0.2) is 0 Å². The van der Waals surface area contributed by atoms with Crippen molar-refractivity contribution in [2.24, 2.45) is 11.3 Å². The van der Waals surface area contributed by atoms with Gasteiger partial charge in [0.05, 0.1) is 0 Å². The van der Waals surface area contributed by atoms with E-state index < -0.39 is 0 Å². The molecule has 0 bridgehead atoms. The molecule has 1 atom stereocenters. The summed E-state index contributed by atoms with van der Waals surface area (Å²) in [4.78, 5) is 11.1. The molecule has 13 heavy (non-hydrogen) atoms. The van der Waals surface area contributed by atoms with E-state index in [0.717, 1.165) is 6.54 Å². The molecule has 0 aliphatic heterocycles. The maximum Gasteiger partial charge on any atom is 0.221 e. The molecule has 0 saturated carbocycles. The van der Waals surface area contributed by atoms with E-state index in [1.807, 2.05) is 0 Å². The minimum Gasteiger partial charge on any atom is -0.356 e. The Balaban J connectivity index is 3.70. The third-order valence-corrected chi connectivity index (χ3v) is 2.59. The van der Waals surface area contributed by atoms with Crippen LogP contribution in [0.2, 0.25) is 0 Å². The average Bonchev–Trinajstić information content (AvgIpc) is 1.99. The topological polar surface area (TPSA) is 29.1 Å². The second-order valence-corrected chi connectivity index (χ2v) is 4.89. The van der Waals surface area contributed by atoms with Crippen molar-refractivity contribution >= 4 is 17.5 Å². The highest BCUT2D eigenvalue weighted by atomic mass is 35.5. The van der Waals surface area contributed by atoms with Crippen LogP contribution in [0.4, 0.5) is 0 Å². The molecule has 0 rings (SSSR count). The van der Waals surface area contributed by atoms with E-state index in [-0.39, 0.29) is 11.3 Å². The van der Waals surface area contributed by atoms with Gasteiger partial charge in [0, 0.05) is 18.8 Å². The van der Waals surface area contributed by atoms with Crippen LogP contribution in [0.25, 0.3) is 0 Å². The fourth-order valence-corrected chi connectivity index (χ4v) is 0.919. The van der Waals surface area contributed by atoms with Gasteiger partial charge in [0.1, 0.15) is 0 Å². The molecule has 0 aliphatic rings. The summed E-state index contributed by atoms with van der Waals surface area (Å²) >= 11 is 5.44. The Labute approximate surface area is 86.0 Å². The number of carbonyl (C=O) groups excluding carboxylic acids is 1. The summed E-state index contributed by atoms with van der Waals surface area (Å²) in [5, 5.41) is 2.87. The highest BCUT2D eigenvalue weighted by molar-refractivity contribution is 6.18. The summed E-state index contributed by atoms with van der Waals surface area (Å²) in [6, 6.07) is 0. The van der Waals surface area contributed by atoms with Crippen molar-refractivity contribution in [2.45, 2.75) is 34.1 Å². The van der Waals surface area contributed by atoms with E-state index in [2.05, 4.69) is 33.0 Å². The number of nitrogens with one attached hydrogen (secondary N) is 1. The van der Waals surface area contributed by atoms with Crippen LogP contribution in [0, 0.1) is 11.3 Å². The number of alkyl halides is 1.